The molecule has 0 aliphatic heterocycles. The summed E-state index contributed by atoms with van der Waals surface area (Å²) in [6.07, 6.45) is 1.01. The molecule has 0 amide bonds. The van der Waals surface area contributed by atoms with Crippen LogP contribution in [0.25, 0.3) is 0 Å². The smallest absolute Gasteiger partial charge is 0.124 e. The molecule has 1 rings (SSSR count). The van der Waals surface area contributed by atoms with E-state index in [9.17, 15) is 9.70 Å². The second-order valence-corrected chi connectivity index (χ2v) is 2.09. The highest BCUT2D eigenvalue weighted by atomic mass is 16.3. The quantitative estimate of drug-likeness (QED) is 0.486. The lowest BCUT2D eigenvalue weighted by atomic mass is 10.1. The predicted octanol–water partition coefficient (Wildman–Crippen LogP) is 1.83. The second-order valence-electron chi connectivity index (χ2n) is 2.09. The van der Waals surface area contributed by atoms with Gasteiger partial charge in [-0.15, -0.1) is 4.91 Å². The molecule has 1 aromatic rings. The van der Waals surface area contributed by atoms with Crippen LogP contribution in [-0.2, 0) is 11.2 Å². The molecule has 0 radical (unpaired) electrons. The second kappa shape index (κ2) is 3.61. The highest BCUT2D eigenvalue weighted by Crippen LogP contribution is 2.17. The maximum atomic E-state index is 10.1. The third-order valence-electron chi connectivity index (χ3n) is 1.39. The first-order valence-electron chi connectivity index (χ1n) is 3.23. The van der Waals surface area contributed by atoms with Gasteiger partial charge in [-0.25, -0.2) is 0 Å². The van der Waals surface area contributed by atoms with Gasteiger partial charge in [0, 0.05) is 6.42 Å². The first kappa shape index (κ1) is 7.60. The van der Waals surface area contributed by atoms with E-state index < -0.39 is 0 Å². The van der Waals surface area contributed by atoms with Crippen LogP contribution in [0.5, 0.6) is 0 Å². The Hall–Kier alpha value is -1.51. The van der Waals surface area contributed by atoms with Gasteiger partial charge >= 0.3 is 0 Å². The number of rotatable bonds is 3. The predicted molar refractivity (Wildman–Crippen MR) is 41.7 cm³/mol. The molecule has 0 aromatic heterocycles. The normalized spacial score (nSPS) is 9.09. The van der Waals surface area contributed by atoms with Crippen molar-refractivity contribution in [2.24, 2.45) is 5.18 Å². The maximum absolute atomic E-state index is 10.1. The van der Waals surface area contributed by atoms with Crippen LogP contribution in [0.15, 0.2) is 29.4 Å². The van der Waals surface area contributed by atoms with Crippen LogP contribution < -0.4 is 0 Å². The van der Waals surface area contributed by atoms with Crippen LogP contribution in [0, 0.1) is 4.91 Å². The summed E-state index contributed by atoms with van der Waals surface area (Å²) in [5.74, 6) is 0. The average Bonchev–Trinajstić information content (AvgIpc) is 2.06. The first-order chi connectivity index (χ1) is 5.38. The molecule has 0 N–H and O–H groups in total. The molecule has 0 saturated carbocycles. The topological polar surface area (TPSA) is 46.5 Å². The lowest BCUT2D eigenvalue weighted by Crippen LogP contribution is -1.84. The molecule has 0 saturated heterocycles. The van der Waals surface area contributed by atoms with Gasteiger partial charge in [0.25, 0.3) is 0 Å². The average molecular weight is 149 g/mol. The zero-order valence-electron chi connectivity index (χ0n) is 5.86. The van der Waals surface area contributed by atoms with Gasteiger partial charge in [-0.2, -0.15) is 0 Å². The Bertz CT molecular complexity index is 271. The van der Waals surface area contributed by atoms with Crippen molar-refractivity contribution in [3.8, 4) is 0 Å². The van der Waals surface area contributed by atoms with Crippen molar-refractivity contribution in [2.45, 2.75) is 6.42 Å². The molecular formula is C8H7NO2. The van der Waals surface area contributed by atoms with Crippen molar-refractivity contribution >= 4 is 12.0 Å². The summed E-state index contributed by atoms with van der Waals surface area (Å²) in [5, 5.41) is 2.78. The Kier molecular flexibility index (Phi) is 2.49. The van der Waals surface area contributed by atoms with Crippen LogP contribution in [0.3, 0.4) is 0 Å². The minimum Gasteiger partial charge on any atom is -0.303 e. The number of carbonyl (C=O) groups excluding carboxylic acids is 1. The molecule has 0 bridgehead atoms. The van der Waals surface area contributed by atoms with Crippen molar-refractivity contribution in [2.75, 3.05) is 0 Å². The van der Waals surface area contributed by atoms with Gasteiger partial charge < -0.3 is 4.79 Å². The molecule has 0 aliphatic carbocycles. The molecule has 0 aliphatic rings. The molecule has 0 atom stereocenters. The minimum absolute atomic E-state index is 0.252. The molecule has 0 spiro atoms. The molecule has 56 valence electrons. The van der Waals surface area contributed by atoms with Crippen LogP contribution in [0.4, 0.5) is 5.69 Å². The largest absolute Gasteiger partial charge is 0.303 e. The van der Waals surface area contributed by atoms with E-state index in [1.165, 1.54) is 0 Å². The fraction of sp³-hybridized carbons (Fsp3) is 0.125. The molecule has 11 heavy (non-hydrogen) atoms. The lowest BCUT2D eigenvalue weighted by Gasteiger charge is -1.95. The van der Waals surface area contributed by atoms with E-state index in [1.54, 1.807) is 24.3 Å². The lowest BCUT2D eigenvalue weighted by molar-refractivity contribution is -0.107. The number of nitroso groups, excluding NO2 is 1. The molecule has 0 unspecified atom stereocenters. The van der Waals surface area contributed by atoms with Gasteiger partial charge in [0.05, 0.1) is 0 Å². The number of hydrogen-bond donors (Lipinski definition) is 0. The fourth-order valence-corrected chi connectivity index (χ4v) is 0.862. The van der Waals surface area contributed by atoms with Crippen LogP contribution in [0.2, 0.25) is 0 Å². The standard InChI is InChI=1S/C8H7NO2/c10-6-5-7-3-1-2-4-8(7)9-11/h1-4,6H,5H2. The minimum atomic E-state index is 0.252. The van der Waals surface area contributed by atoms with Crippen molar-refractivity contribution in [1.82, 2.24) is 0 Å². The van der Waals surface area contributed by atoms with Crippen molar-refractivity contribution in [3.63, 3.8) is 0 Å². The highest BCUT2D eigenvalue weighted by Gasteiger charge is 1.98. The van der Waals surface area contributed by atoms with Gasteiger partial charge in [-0.1, -0.05) is 18.2 Å². The Morgan fingerprint density at radius 3 is 2.73 bits per heavy atom. The zero-order valence-corrected chi connectivity index (χ0v) is 5.86. The maximum Gasteiger partial charge on any atom is 0.124 e. The summed E-state index contributed by atoms with van der Waals surface area (Å²) in [6.45, 7) is 0. The Labute approximate surface area is 64.0 Å². The number of carbonyl (C=O) groups is 1. The van der Waals surface area contributed by atoms with Gasteiger partial charge in [0.15, 0.2) is 0 Å². The molecular weight excluding hydrogens is 142 g/mol. The zero-order chi connectivity index (χ0) is 8.10. The molecule has 3 nitrogen and oxygen atoms in total. The monoisotopic (exact) mass is 149 g/mol. The summed E-state index contributed by atoms with van der Waals surface area (Å²) in [4.78, 5) is 20.2. The van der Waals surface area contributed by atoms with Gasteiger partial charge in [0.2, 0.25) is 0 Å². The Balaban J connectivity index is 3.01. The SMILES string of the molecule is O=CCc1ccccc1N=O. The van der Waals surface area contributed by atoms with E-state index in [2.05, 4.69) is 5.18 Å². The van der Waals surface area contributed by atoms with Crippen molar-refractivity contribution in [3.05, 3.63) is 34.7 Å². The summed E-state index contributed by atoms with van der Waals surface area (Å²) in [6, 6.07) is 6.79. The van der Waals surface area contributed by atoms with Crippen molar-refractivity contribution in [1.29, 1.82) is 0 Å². The Morgan fingerprint density at radius 1 is 1.36 bits per heavy atom. The van der Waals surface area contributed by atoms with E-state index in [4.69, 9.17) is 0 Å². The summed E-state index contributed by atoms with van der Waals surface area (Å²) in [5.41, 5.74) is 1.03. The molecule has 0 heterocycles. The van der Waals surface area contributed by atoms with Crippen LogP contribution in [0.1, 0.15) is 5.56 Å². The first-order valence-corrected chi connectivity index (χ1v) is 3.23. The number of benzene rings is 1. The van der Waals surface area contributed by atoms with E-state index in [-0.39, 0.29) is 6.42 Å². The fourth-order valence-electron chi connectivity index (χ4n) is 0.862. The number of nitrogens with zero attached hydrogens (tertiary/aromatic N) is 1. The summed E-state index contributed by atoms with van der Waals surface area (Å²) in [7, 11) is 0. The highest BCUT2D eigenvalue weighted by molar-refractivity contribution is 5.60. The third-order valence-corrected chi connectivity index (χ3v) is 1.39. The van der Waals surface area contributed by atoms with E-state index >= 15 is 0 Å². The van der Waals surface area contributed by atoms with Gasteiger partial charge in [-0.3, -0.25) is 0 Å². The molecule has 3 heteroatoms. The number of hydrogen-bond acceptors (Lipinski definition) is 3. The van der Waals surface area contributed by atoms with Gasteiger partial charge in [-0.05, 0) is 16.8 Å². The van der Waals surface area contributed by atoms with E-state index in [0.717, 1.165) is 6.29 Å². The Morgan fingerprint density at radius 2 is 2.09 bits per heavy atom. The van der Waals surface area contributed by atoms with E-state index in [1.807, 2.05) is 0 Å². The number of aldehydes is 1. The third kappa shape index (κ3) is 1.70. The molecule has 0 fully saturated rings. The molecule has 1 aromatic carbocycles. The van der Waals surface area contributed by atoms with Crippen LogP contribution >= 0.6 is 0 Å². The van der Waals surface area contributed by atoms with Crippen molar-refractivity contribution < 1.29 is 4.79 Å². The summed E-state index contributed by atoms with van der Waals surface area (Å²) < 4.78 is 0. The van der Waals surface area contributed by atoms with Gasteiger partial charge in [0.1, 0.15) is 12.0 Å². The van der Waals surface area contributed by atoms with E-state index in [0.29, 0.717) is 11.3 Å². The van der Waals surface area contributed by atoms with Crippen LogP contribution in [-0.4, -0.2) is 6.29 Å². The summed E-state index contributed by atoms with van der Waals surface area (Å²) >= 11 is 0.